The van der Waals surface area contributed by atoms with Crippen LogP contribution in [0, 0.1) is 11.6 Å². The van der Waals surface area contributed by atoms with E-state index >= 15 is 0 Å². The summed E-state index contributed by atoms with van der Waals surface area (Å²) in [5.41, 5.74) is -1.12. The molecule has 0 saturated carbocycles. The number of nitrogens with zero attached hydrogens (tertiary/aromatic N) is 1. The van der Waals surface area contributed by atoms with Gasteiger partial charge in [0.25, 0.3) is 5.91 Å². The predicted molar refractivity (Wildman–Crippen MR) is 88.9 cm³/mol. The van der Waals surface area contributed by atoms with Gasteiger partial charge in [-0.25, -0.2) is 8.78 Å². The first-order chi connectivity index (χ1) is 13.1. The number of hydrogen-bond acceptors (Lipinski definition) is 3. The SMILES string of the molecule is C[C@@H](Oc1ccc(F)cc1F)C(=O)N1CC(=O)Nc2cc(C(F)(F)F)ccc21. The molecule has 0 spiro atoms. The molecule has 28 heavy (non-hydrogen) atoms. The molecule has 1 aliphatic rings. The number of carbonyl (C=O) groups excluding carboxylic acids is 2. The molecule has 1 atom stereocenters. The van der Waals surface area contributed by atoms with Crippen LogP contribution >= 0.6 is 0 Å². The zero-order chi connectivity index (χ0) is 20.6. The third-order valence-corrected chi connectivity index (χ3v) is 4.00. The van der Waals surface area contributed by atoms with Crippen LogP contribution in [-0.4, -0.2) is 24.5 Å². The van der Waals surface area contributed by atoms with Crippen LogP contribution < -0.4 is 15.0 Å². The van der Waals surface area contributed by atoms with Crippen molar-refractivity contribution in [2.75, 3.05) is 16.8 Å². The molecule has 0 radical (unpaired) electrons. The van der Waals surface area contributed by atoms with Crippen LogP contribution in [0.3, 0.4) is 0 Å². The summed E-state index contributed by atoms with van der Waals surface area (Å²) in [5, 5.41) is 2.29. The van der Waals surface area contributed by atoms with E-state index in [1.165, 1.54) is 6.92 Å². The molecule has 0 unspecified atom stereocenters. The van der Waals surface area contributed by atoms with Gasteiger partial charge in [-0.2, -0.15) is 13.2 Å². The van der Waals surface area contributed by atoms with Crippen molar-refractivity contribution in [3.05, 3.63) is 53.6 Å². The number of halogens is 5. The predicted octanol–water partition coefficient (Wildman–Crippen LogP) is 3.74. The summed E-state index contributed by atoms with van der Waals surface area (Å²) < 4.78 is 70.5. The summed E-state index contributed by atoms with van der Waals surface area (Å²) >= 11 is 0. The van der Waals surface area contributed by atoms with Crippen LogP contribution in [0.1, 0.15) is 12.5 Å². The van der Waals surface area contributed by atoms with Crippen molar-refractivity contribution in [2.45, 2.75) is 19.2 Å². The van der Waals surface area contributed by atoms with Gasteiger partial charge in [0.15, 0.2) is 17.7 Å². The molecule has 5 nitrogen and oxygen atoms in total. The minimum Gasteiger partial charge on any atom is -0.478 e. The Bertz CT molecular complexity index is 945. The number of nitrogens with one attached hydrogen (secondary N) is 1. The molecule has 0 aromatic heterocycles. The second kappa shape index (κ2) is 7.10. The third kappa shape index (κ3) is 3.90. The van der Waals surface area contributed by atoms with E-state index in [1.54, 1.807) is 0 Å². The van der Waals surface area contributed by atoms with Gasteiger partial charge in [0.2, 0.25) is 5.91 Å². The largest absolute Gasteiger partial charge is 0.478 e. The number of fused-ring (bicyclic) bond motifs is 1. The van der Waals surface area contributed by atoms with Crippen molar-refractivity contribution in [1.29, 1.82) is 0 Å². The van der Waals surface area contributed by atoms with E-state index in [0.717, 1.165) is 35.2 Å². The van der Waals surface area contributed by atoms with Crippen LogP contribution in [-0.2, 0) is 15.8 Å². The Balaban J connectivity index is 1.87. The van der Waals surface area contributed by atoms with Gasteiger partial charge < -0.3 is 10.1 Å². The highest BCUT2D eigenvalue weighted by atomic mass is 19.4. The number of benzene rings is 2. The lowest BCUT2D eigenvalue weighted by molar-refractivity contribution is -0.137. The maximum Gasteiger partial charge on any atom is 0.416 e. The molecule has 2 aromatic rings. The Hall–Kier alpha value is -3.17. The maximum atomic E-state index is 13.7. The molecule has 0 saturated heterocycles. The molecular formula is C18H13F5N2O3. The average molecular weight is 400 g/mol. The molecule has 2 aromatic carbocycles. The number of carbonyl (C=O) groups is 2. The van der Waals surface area contributed by atoms with E-state index in [2.05, 4.69) is 5.32 Å². The molecule has 1 N–H and O–H groups in total. The van der Waals surface area contributed by atoms with E-state index in [-0.39, 0.29) is 17.1 Å². The fourth-order valence-corrected chi connectivity index (χ4v) is 2.69. The Morgan fingerprint density at radius 2 is 1.89 bits per heavy atom. The number of anilines is 2. The first-order valence-corrected chi connectivity index (χ1v) is 8.00. The summed E-state index contributed by atoms with van der Waals surface area (Å²) in [4.78, 5) is 25.5. The van der Waals surface area contributed by atoms with Crippen molar-refractivity contribution >= 4 is 23.2 Å². The van der Waals surface area contributed by atoms with Crippen LogP contribution in [0.15, 0.2) is 36.4 Å². The second-order valence-electron chi connectivity index (χ2n) is 6.04. The smallest absolute Gasteiger partial charge is 0.416 e. The van der Waals surface area contributed by atoms with Gasteiger partial charge in [0, 0.05) is 6.07 Å². The second-order valence-corrected chi connectivity index (χ2v) is 6.04. The lowest BCUT2D eigenvalue weighted by Crippen LogP contribution is -2.47. The average Bonchev–Trinajstić information content (AvgIpc) is 2.61. The Morgan fingerprint density at radius 3 is 2.54 bits per heavy atom. The Morgan fingerprint density at radius 1 is 1.18 bits per heavy atom. The minimum atomic E-state index is -4.62. The number of ether oxygens (including phenoxy) is 1. The standard InChI is InChI=1S/C18H13F5N2O3/c1-9(28-15-5-3-11(19)7-12(15)20)17(27)25-8-16(26)24-13-6-10(18(21,22)23)2-4-14(13)25/h2-7,9H,8H2,1H3,(H,24,26)/t9-/m1/s1. The summed E-state index contributed by atoms with van der Waals surface area (Å²) in [7, 11) is 0. The van der Waals surface area contributed by atoms with E-state index in [1.807, 2.05) is 0 Å². The molecule has 1 heterocycles. The van der Waals surface area contributed by atoms with E-state index < -0.39 is 47.8 Å². The molecule has 2 amide bonds. The topological polar surface area (TPSA) is 58.6 Å². The third-order valence-electron chi connectivity index (χ3n) is 4.00. The molecule has 0 bridgehead atoms. The van der Waals surface area contributed by atoms with Gasteiger partial charge >= 0.3 is 6.18 Å². The summed E-state index contributed by atoms with van der Waals surface area (Å²) in [5.74, 6) is -3.70. The molecule has 0 aliphatic carbocycles. The highest BCUT2D eigenvalue weighted by molar-refractivity contribution is 6.11. The summed E-state index contributed by atoms with van der Waals surface area (Å²) in [6, 6.07) is 5.08. The molecule has 148 valence electrons. The van der Waals surface area contributed by atoms with Crippen LogP contribution in [0.25, 0.3) is 0 Å². The van der Waals surface area contributed by atoms with Gasteiger partial charge in [0.1, 0.15) is 12.4 Å². The van der Waals surface area contributed by atoms with Crippen LogP contribution in [0.2, 0.25) is 0 Å². The van der Waals surface area contributed by atoms with Gasteiger partial charge in [-0.05, 0) is 37.3 Å². The normalized spacial score (nSPS) is 14.9. The van der Waals surface area contributed by atoms with Crippen LogP contribution in [0.4, 0.5) is 33.3 Å². The minimum absolute atomic E-state index is 0.0487. The molecule has 10 heteroatoms. The lowest BCUT2D eigenvalue weighted by atomic mass is 10.1. The van der Waals surface area contributed by atoms with Crippen molar-refractivity contribution in [1.82, 2.24) is 0 Å². The first-order valence-electron chi connectivity index (χ1n) is 8.00. The zero-order valence-corrected chi connectivity index (χ0v) is 14.3. The fourth-order valence-electron chi connectivity index (χ4n) is 2.69. The number of hydrogen-bond donors (Lipinski definition) is 1. The fraction of sp³-hybridized carbons (Fsp3) is 0.222. The van der Waals surface area contributed by atoms with Crippen molar-refractivity contribution in [2.24, 2.45) is 0 Å². The zero-order valence-electron chi connectivity index (χ0n) is 14.3. The highest BCUT2D eigenvalue weighted by Crippen LogP contribution is 2.37. The molecular weight excluding hydrogens is 387 g/mol. The summed E-state index contributed by atoms with van der Waals surface area (Å²) in [6.45, 7) is 0.832. The molecule has 0 fully saturated rings. The van der Waals surface area contributed by atoms with Crippen molar-refractivity contribution < 1.29 is 36.3 Å². The van der Waals surface area contributed by atoms with Crippen LogP contribution in [0.5, 0.6) is 5.75 Å². The summed E-state index contributed by atoms with van der Waals surface area (Å²) in [6.07, 6.45) is -5.91. The van der Waals surface area contributed by atoms with E-state index in [4.69, 9.17) is 4.74 Å². The maximum absolute atomic E-state index is 13.7. The highest BCUT2D eigenvalue weighted by Gasteiger charge is 2.35. The van der Waals surface area contributed by atoms with Crippen molar-refractivity contribution in [3.8, 4) is 5.75 Å². The molecule has 3 rings (SSSR count). The van der Waals surface area contributed by atoms with Gasteiger partial charge in [0.05, 0.1) is 16.9 Å². The van der Waals surface area contributed by atoms with E-state index in [9.17, 15) is 31.5 Å². The van der Waals surface area contributed by atoms with E-state index in [0.29, 0.717) is 6.07 Å². The van der Waals surface area contributed by atoms with Gasteiger partial charge in [-0.15, -0.1) is 0 Å². The Labute approximate surface area is 155 Å². The monoisotopic (exact) mass is 400 g/mol. The van der Waals surface area contributed by atoms with Gasteiger partial charge in [-0.1, -0.05) is 0 Å². The number of amides is 2. The quantitative estimate of drug-likeness (QED) is 0.799. The number of alkyl halides is 3. The first kappa shape index (κ1) is 19.6. The van der Waals surface area contributed by atoms with Crippen molar-refractivity contribution in [3.63, 3.8) is 0 Å². The number of rotatable bonds is 3. The Kier molecular flexibility index (Phi) is 4.97. The lowest BCUT2D eigenvalue weighted by Gasteiger charge is -2.31. The van der Waals surface area contributed by atoms with Gasteiger partial charge in [-0.3, -0.25) is 14.5 Å². The molecule has 1 aliphatic heterocycles.